The smallest absolute Gasteiger partial charge is 0.227 e. The molecule has 0 aromatic heterocycles. The van der Waals surface area contributed by atoms with E-state index in [2.05, 4.69) is 10.6 Å². The van der Waals surface area contributed by atoms with Gasteiger partial charge in [-0.05, 0) is 62.4 Å². The number of nitrogens with one attached hydrogen (secondary N) is 2. The van der Waals surface area contributed by atoms with Crippen LogP contribution in [-0.2, 0) is 16.1 Å². The lowest BCUT2D eigenvalue weighted by molar-refractivity contribution is -0.121. The predicted octanol–water partition coefficient (Wildman–Crippen LogP) is 2.63. The third-order valence-electron chi connectivity index (χ3n) is 5.05. The number of hydrogen-bond acceptors (Lipinski definition) is 3. The van der Waals surface area contributed by atoms with Crippen molar-refractivity contribution in [2.24, 2.45) is 5.92 Å². The SMILES string of the molecule is Cl.O=C(CCC1CCNCC1)NCc1ccc(N2CCCC2=O)cc1. The van der Waals surface area contributed by atoms with Crippen LogP contribution in [0.1, 0.15) is 44.1 Å². The molecule has 2 amide bonds. The minimum absolute atomic E-state index is 0. The topological polar surface area (TPSA) is 61.4 Å². The molecule has 0 unspecified atom stereocenters. The van der Waals surface area contributed by atoms with Crippen molar-refractivity contribution in [2.45, 2.75) is 45.1 Å². The summed E-state index contributed by atoms with van der Waals surface area (Å²) < 4.78 is 0. The van der Waals surface area contributed by atoms with Gasteiger partial charge in [0, 0.05) is 31.6 Å². The van der Waals surface area contributed by atoms with Crippen molar-refractivity contribution >= 4 is 29.9 Å². The summed E-state index contributed by atoms with van der Waals surface area (Å²) in [7, 11) is 0. The van der Waals surface area contributed by atoms with Crippen LogP contribution >= 0.6 is 12.4 Å². The Balaban J connectivity index is 0.00000225. The van der Waals surface area contributed by atoms with Crippen LogP contribution in [0.4, 0.5) is 5.69 Å². The van der Waals surface area contributed by atoms with Crippen LogP contribution in [0, 0.1) is 5.92 Å². The molecule has 138 valence electrons. The second-order valence-corrected chi connectivity index (χ2v) is 6.82. The molecular weight excluding hydrogens is 338 g/mol. The van der Waals surface area contributed by atoms with Gasteiger partial charge in [0.25, 0.3) is 0 Å². The highest BCUT2D eigenvalue weighted by atomic mass is 35.5. The molecule has 1 aromatic carbocycles. The maximum atomic E-state index is 12.0. The summed E-state index contributed by atoms with van der Waals surface area (Å²) in [5.74, 6) is 1.02. The molecule has 0 radical (unpaired) electrons. The summed E-state index contributed by atoms with van der Waals surface area (Å²) in [5, 5.41) is 6.35. The van der Waals surface area contributed by atoms with Gasteiger partial charge in [0.05, 0.1) is 0 Å². The van der Waals surface area contributed by atoms with Gasteiger partial charge < -0.3 is 15.5 Å². The summed E-state index contributed by atoms with van der Waals surface area (Å²) in [6.45, 7) is 3.53. The Labute approximate surface area is 155 Å². The second-order valence-electron chi connectivity index (χ2n) is 6.82. The Morgan fingerprint density at radius 1 is 1.20 bits per heavy atom. The van der Waals surface area contributed by atoms with Gasteiger partial charge in [-0.2, -0.15) is 0 Å². The normalized spacial score (nSPS) is 18.1. The zero-order valence-corrected chi connectivity index (χ0v) is 15.4. The van der Waals surface area contributed by atoms with Crippen molar-refractivity contribution in [1.82, 2.24) is 10.6 Å². The van der Waals surface area contributed by atoms with E-state index in [9.17, 15) is 9.59 Å². The Bertz CT molecular complexity index is 571. The first-order chi connectivity index (χ1) is 11.7. The molecule has 2 heterocycles. The molecule has 2 N–H and O–H groups in total. The highest BCUT2D eigenvalue weighted by Gasteiger charge is 2.21. The van der Waals surface area contributed by atoms with Gasteiger partial charge in [0.2, 0.25) is 11.8 Å². The number of halogens is 1. The highest BCUT2D eigenvalue weighted by molar-refractivity contribution is 5.95. The van der Waals surface area contributed by atoms with Crippen LogP contribution < -0.4 is 15.5 Å². The first-order valence-corrected chi connectivity index (χ1v) is 9.09. The van der Waals surface area contributed by atoms with Gasteiger partial charge in [0.15, 0.2) is 0 Å². The van der Waals surface area contributed by atoms with E-state index in [0.717, 1.165) is 43.7 Å². The van der Waals surface area contributed by atoms with E-state index < -0.39 is 0 Å². The Kier molecular flexibility index (Phi) is 7.72. The number of carbonyl (C=O) groups is 2. The number of hydrogen-bond donors (Lipinski definition) is 2. The standard InChI is InChI=1S/C19H27N3O2.ClH/c23-18(8-5-15-9-11-20-12-10-15)21-14-16-3-6-17(7-4-16)22-13-1-2-19(22)24;/h3-4,6-7,15,20H,1-2,5,8-14H2,(H,21,23);1H. The van der Waals surface area contributed by atoms with Crippen molar-refractivity contribution < 1.29 is 9.59 Å². The fourth-order valence-corrected chi connectivity index (χ4v) is 3.51. The van der Waals surface area contributed by atoms with E-state index >= 15 is 0 Å². The molecule has 3 rings (SSSR count). The molecule has 5 nitrogen and oxygen atoms in total. The first kappa shape index (κ1) is 19.7. The fraction of sp³-hybridized carbons (Fsp3) is 0.579. The van der Waals surface area contributed by atoms with E-state index in [4.69, 9.17) is 0 Å². The Hall–Kier alpha value is -1.59. The highest BCUT2D eigenvalue weighted by Crippen LogP contribution is 2.21. The lowest BCUT2D eigenvalue weighted by Crippen LogP contribution is -2.29. The van der Waals surface area contributed by atoms with Crippen molar-refractivity contribution in [3.05, 3.63) is 29.8 Å². The summed E-state index contributed by atoms with van der Waals surface area (Å²) >= 11 is 0. The lowest BCUT2D eigenvalue weighted by atomic mass is 9.93. The molecule has 1 aromatic rings. The molecule has 0 saturated carbocycles. The van der Waals surface area contributed by atoms with Crippen molar-refractivity contribution in [1.29, 1.82) is 0 Å². The monoisotopic (exact) mass is 365 g/mol. The van der Waals surface area contributed by atoms with E-state index in [-0.39, 0.29) is 24.2 Å². The molecule has 2 aliphatic heterocycles. The van der Waals surface area contributed by atoms with Gasteiger partial charge >= 0.3 is 0 Å². The molecule has 2 saturated heterocycles. The van der Waals surface area contributed by atoms with Gasteiger partial charge in [-0.1, -0.05) is 12.1 Å². The van der Waals surface area contributed by atoms with Crippen molar-refractivity contribution in [2.75, 3.05) is 24.5 Å². The number of carbonyl (C=O) groups excluding carboxylic acids is 2. The maximum absolute atomic E-state index is 12.0. The van der Waals surface area contributed by atoms with Gasteiger partial charge in [-0.3, -0.25) is 9.59 Å². The minimum atomic E-state index is 0. The zero-order valence-electron chi connectivity index (χ0n) is 14.6. The number of amides is 2. The molecule has 6 heteroatoms. The number of piperidine rings is 1. The average molecular weight is 366 g/mol. The minimum Gasteiger partial charge on any atom is -0.352 e. The Morgan fingerprint density at radius 3 is 2.56 bits per heavy atom. The molecule has 2 fully saturated rings. The summed E-state index contributed by atoms with van der Waals surface area (Å²) in [5.41, 5.74) is 2.03. The molecule has 2 aliphatic rings. The third kappa shape index (κ3) is 5.72. The van der Waals surface area contributed by atoms with E-state index in [1.165, 1.54) is 12.8 Å². The molecule has 0 atom stereocenters. The maximum Gasteiger partial charge on any atom is 0.227 e. The van der Waals surface area contributed by atoms with Gasteiger partial charge in [0.1, 0.15) is 0 Å². The first-order valence-electron chi connectivity index (χ1n) is 9.09. The van der Waals surface area contributed by atoms with E-state index in [1.54, 1.807) is 0 Å². The summed E-state index contributed by atoms with van der Waals surface area (Å²) in [4.78, 5) is 25.6. The fourth-order valence-electron chi connectivity index (χ4n) is 3.51. The van der Waals surface area contributed by atoms with Crippen LogP contribution in [0.25, 0.3) is 0 Å². The third-order valence-corrected chi connectivity index (χ3v) is 5.05. The van der Waals surface area contributed by atoms with Crippen molar-refractivity contribution in [3.63, 3.8) is 0 Å². The van der Waals surface area contributed by atoms with E-state index in [0.29, 0.717) is 25.3 Å². The number of anilines is 1. The largest absolute Gasteiger partial charge is 0.352 e. The van der Waals surface area contributed by atoms with Gasteiger partial charge in [-0.25, -0.2) is 0 Å². The average Bonchev–Trinajstić information content (AvgIpc) is 3.05. The number of rotatable bonds is 6. The molecule has 25 heavy (non-hydrogen) atoms. The molecule has 0 aliphatic carbocycles. The molecular formula is C19H28ClN3O2. The van der Waals surface area contributed by atoms with Crippen LogP contribution in [0.5, 0.6) is 0 Å². The number of benzene rings is 1. The quantitative estimate of drug-likeness (QED) is 0.814. The zero-order chi connectivity index (χ0) is 16.8. The summed E-state index contributed by atoms with van der Waals surface area (Å²) in [6, 6.07) is 7.93. The van der Waals surface area contributed by atoms with Crippen LogP contribution in [0.15, 0.2) is 24.3 Å². The van der Waals surface area contributed by atoms with Gasteiger partial charge in [-0.15, -0.1) is 12.4 Å². The second kappa shape index (κ2) is 9.78. The van der Waals surface area contributed by atoms with E-state index in [1.807, 2.05) is 29.2 Å². The Morgan fingerprint density at radius 2 is 1.92 bits per heavy atom. The predicted molar refractivity (Wildman–Crippen MR) is 102 cm³/mol. The van der Waals surface area contributed by atoms with Crippen LogP contribution in [-0.4, -0.2) is 31.4 Å². The number of nitrogens with zero attached hydrogens (tertiary/aromatic N) is 1. The lowest BCUT2D eigenvalue weighted by Gasteiger charge is -2.22. The summed E-state index contributed by atoms with van der Waals surface area (Å²) in [6.07, 6.45) is 5.56. The van der Waals surface area contributed by atoms with Crippen LogP contribution in [0.2, 0.25) is 0 Å². The molecule has 0 bridgehead atoms. The molecule has 0 spiro atoms. The van der Waals surface area contributed by atoms with Crippen LogP contribution in [0.3, 0.4) is 0 Å². The van der Waals surface area contributed by atoms with Crippen molar-refractivity contribution in [3.8, 4) is 0 Å².